The monoisotopic (exact) mass is 448 g/mol. The van der Waals surface area contributed by atoms with Crippen LogP contribution in [0.3, 0.4) is 0 Å². The zero-order valence-electron chi connectivity index (χ0n) is 14.6. The first-order valence-electron chi connectivity index (χ1n) is 7.18. The van der Waals surface area contributed by atoms with Crippen LogP contribution in [-0.4, -0.2) is 13.3 Å². The molecule has 0 aromatic heterocycles. The predicted molar refractivity (Wildman–Crippen MR) is 87.8 cm³/mol. The number of hydrogen-bond acceptors (Lipinski definition) is 1. The molecule has 0 bridgehead atoms. The van der Waals surface area contributed by atoms with Gasteiger partial charge in [0.25, 0.3) is 0 Å². The summed E-state index contributed by atoms with van der Waals surface area (Å²) in [6.07, 6.45) is 0. The van der Waals surface area contributed by atoms with E-state index in [0.29, 0.717) is 0 Å². The van der Waals surface area contributed by atoms with Gasteiger partial charge in [-0.3, -0.25) is 4.79 Å². The molecule has 0 aliphatic carbocycles. The molecule has 1 nitrogen and oxygen atoms in total. The molecule has 0 saturated carbocycles. The van der Waals surface area contributed by atoms with Crippen molar-refractivity contribution in [1.82, 2.24) is 0 Å². The third kappa shape index (κ3) is 10.2. The molecule has 2 aromatic carbocycles. The Labute approximate surface area is 157 Å². The van der Waals surface area contributed by atoms with Crippen LogP contribution >= 0.6 is 0 Å². The van der Waals surface area contributed by atoms with E-state index in [1.807, 2.05) is 0 Å². The predicted octanol–water partition coefficient (Wildman–Crippen LogP) is 6.04. The third-order valence-electron chi connectivity index (χ3n) is 3.81. The molecular formula is C17H20BF5ORu-. The van der Waals surface area contributed by atoms with Gasteiger partial charge in [0.1, 0.15) is 0 Å². The molecule has 141 valence electrons. The minimum absolute atomic E-state index is 0. The summed E-state index contributed by atoms with van der Waals surface area (Å²) in [7, 11) is -6.00. The Balaban J connectivity index is 0. The van der Waals surface area contributed by atoms with E-state index in [1.165, 1.54) is 39.9 Å². The van der Waals surface area contributed by atoms with Crippen molar-refractivity contribution in [3.63, 3.8) is 0 Å². The molecule has 0 unspecified atom stereocenters. The van der Waals surface area contributed by atoms with E-state index in [-0.39, 0.29) is 25.0 Å². The molecule has 0 aliphatic rings. The van der Waals surface area contributed by atoms with Crippen molar-refractivity contribution >= 4 is 13.3 Å². The molecule has 0 spiro atoms. The molecule has 25 heavy (non-hydrogen) atoms. The van der Waals surface area contributed by atoms with Gasteiger partial charge in [-0.2, -0.15) is 32.2 Å². The number of halogens is 5. The van der Waals surface area contributed by atoms with E-state index in [0.717, 1.165) is 0 Å². The van der Waals surface area contributed by atoms with Crippen LogP contribution in [0, 0.1) is 34.6 Å². The molecule has 2 rings (SSSR count). The van der Waals surface area contributed by atoms with Gasteiger partial charge in [-0.15, -0.1) is 0 Å². The second-order valence-electron chi connectivity index (χ2n) is 5.26. The van der Waals surface area contributed by atoms with Gasteiger partial charge in [0, 0.05) is 0 Å². The molecule has 2 aromatic rings. The summed E-state index contributed by atoms with van der Waals surface area (Å²) in [6, 6.07) is 6.45. The molecule has 0 atom stereocenters. The van der Waals surface area contributed by atoms with E-state index >= 15 is 0 Å². The first kappa shape index (κ1) is 25.8. The van der Waals surface area contributed by atoms with Gasteiger partial charge in [0.05, 0.1) is 5.56 Å². The fourth-order valence-electron chi connectivity index (χ4n) is 1.98. The zero-order valence-corrected chi connectivity index (χ0v) is 16.4. The Kier molecular flexibility index (Phi) is 11.6. The molecule has 0 amide bonds. The summed E-state index contributed by atoms with van der Waals surface area (Å²) in [5, 5.41) is 0. The average molecular weight is 447 g/mol. The van der Waals surface area contributed by atoms with Gasteiger partial charge < -0.3 is 17.3 Å². The fourth-order valence-corrected chi connectivity index (χ4v) is 1.98. The number of carbonyl (C=O) groups excluding carboxylic acids is 1. The second kappa shape index (κ2) is 11.2. The summed E-state index contributed by atoms with van der Waals surface area (Å²) in [6.45, 7) is 11.0. The molecule has 0 saturated heterocycles. The number of hydrogen-bond donors (Lipinski definition) is 0. The first-order valence-corrected chi connectivity index (χ1v) is 7.18. The normalized spacial score (nSPS) is 9.84. The van der Waals surface area contributed by atoms with Crippen LogP contribution in [0.15, 0.2) is 30.3 Å². The molecule has 0 fully saturated rings. The van der Waals surface area contributed by atoms with Crippen molar-refractivity contribution in [2.75, 3.05) is 0 Å². The van der Waals surface area contributed by atoms with Crippen molar-refractivity contribution < 1.29 is 45.9 Å². The Hall–Kier alpha value is -1.42. The van der Waals surface area contributed by atoms with Crippen LogP contribution in [0.2, 0.25) is 0 Å². The summed E-state index contributed by atoms with van der Waals surface area (Å²) in [5.74, 6) is 0. The molecule has 0 N–H and O–H groups in total. The minimum Gasteiger partial charge on any atom is -0.418 e. The summed E-state index contributed by atoms with van der Waals surface area (Å²) >= 11 is 0. The van der Waals surface area contributed by atoms with Gasteiger partial charge in [0.15, 0.2) is 0 Å². The van der Waals surface area contributed by atoms with E-state index < -0.39 is 13.3 Å². The van der Waals surface area contributed by atoms with Gasteiger partial charge in [-0.05, 0) is 12.1 Å². The Morgan fingerprint density at radius 3 is 1.36 bits per heavy atom. The SMILES string of the molecule is Cc1c(C)c(C)[c-](C)c1C.F[B-](F)(F)F.O=C(F)c1ccccc1.[Ru+]. The molecular weight excluding hydrogens is 427 g/mol. The first-order chi connectivity index (χ1) is 10.9. The van der Waals surface area contributed by atoms with Crippen LogP contribution in [-0.2, 0) is 19.5 Å². The van der Waals surface area contributed by atoms with Gasteiger partial charge in [0.2, 0.25) is 0 Å². The maximum atomic E-state index is 11.8. The number of carbonyl (C=O) groups is 1. The minimum atomic E-state index is -6.00. The fraction of sp³-hybridized carbons (Fsp3) is 0.294. The third-order valence-corrected chi connectivity index (χ3v) is 3.81. The van der Waals surface area contributed by atoms with Crippen LogP contribution in [0.4, 0.5) is 21.7 Å². The van der Waals surface area contributed by atoms with E-state index in [9.17, 15) is 26.4 Å². The second-order valence-corrected chi connectivity index (χ2v) is 5.26. The molecule has 0 aliphatic heterocycles. The summed E-state index contributed by atoms with van der Waals surface area (Å²) in [5.41, 5.74) is 7.45. The number of rotatable bonds is 1. The quantitative estimate of drug-likeness (QED) is 0.226. The Bertz CT molecular complexity index is 580. The van der Waals surface area contributed by atoms with E-state index in [1.54, 1.807) is 18.2 Å². The van der Waals surface area contributed by atoms with E-state index in [2.05, 4.69) is 34.6 Å². The molecule has 0 heterocycles. The van der Waals surface area contributed by atoms with Crippen molar-refractivity contribution in [3.8, 4) is 0 Å². The smallest absolute Gasteiger partial charge is 0.418 e. The number of benzene rings is 1. The van der Waals surface area contributed by atoms with Gasteiger partial charge in [-0.25, -0.2) is 0 Å². The standard InChI is InChI=1S/C10H15.C7H5FO.BF4.Ru/c1-6-7(2)9(4)10(5)8(6)3;8-7(9)6-4-2-1-3-5-6;2-1(3,4)5;/h1-5H3;1-5H;;/q-1;;-1;+1. The van der Waals surface area contributed by atoms with Crippen molar-refractivity contribution in [1.29, 1.82) is 0 Å². The summed E-state index contributed by atoms with van der Waals surface area (Å²) in [4.78, 5) is 9.98. The topological polar surface area (TPSA) is 17.1 Å². The largest absolute Gasteiger partial charge is 1.00 e. The molecule has 8 heteroatoms. The van der Waals surface area contributed by atoms with E-state index in [4.69, 9.17) is 0 Å². The Morgan fingerprint density at radius 2 is 1.20 bits per heavy atom. The van der Waals surface area contributed by atoms with Crippen molar-refractivity contribution in [2.45, 2.75) is 34.6 Å². The maximum absolute atomic E-state index is 11.8. The van der Waals surface area contributed by atoms with Gasteiger partial charge >= 0.3 is 32.8 Å². The van der Waals surface area contributed by atoms with Crippen molar-refractivity contribution in [3.05, 3.63) is 63.7 Å². The van der Waals surface area contributed by atoms with Crippen LogP contribution < -0.4 is 0 Å². The summed E-state index contributed by atoms with van der Waals surface area (Å²) < 4.78 is 50.8. The van der Waals surface area contributed by atoms with Crippen LogP contribution in [0.25, 0.3) is 0 Å². The maximum Gasteiger partial charge on any atom is 1.00 e. The van der Waals surface area contributed by atoms with Crippen LogP contribution in [0.5, 0.6) is 0 Å². The average Bonchev–Trinajstić information content (AvgIpc) is 2.65. The van der Waals surface area contributed by atoms with Crippen molar-refractivity contribution in [2.24, 2.45) is 0 Å². The Morgan fingerprint density at radius 1 is 0.880 bits per heavy atom. The van der Waals surface area contributed by atoms with Gasteiger partial charge in [-0.1, -0.05) is 52.8 Å². The zero-order chi connectivity index (χ0) is 19.1. The van der Waals surface area contributed by atoms with Crippen LogP contribution in [0.1, 0.15) is 38.2 Å². The molecule has 1 radical (unpaired) electrons.